The molecule has 0 aromatic heterocycles. The third kappa shape index (κ3) is 9.82. The molecule has 8 aromatic rings. The van der Waals surface area contributed by atoms with Gasteiger partial charge in [0, 0.05) is 44.6 Å². The summed E-state index contributed by atoms with van der Waals surface area (Å²) >= 11 is 0. The predicted octanol–water partition coefficient (Wildman–Crippen LogP) is 18.6. The molecular formula is C70H44F10O2. The Hall–Kier alpha value is -9.42. The first-order valence-corrected chi connectivity index (χ1v) is 25.9. The van der Waals surface area contributed by atoms with Crippen molar-refractivity contribution in [3.05, 3.63) is 321 Å². The number of carbonyl (C=O) groups is 2. The molecular weight excluding hydrogens is 1060 g/mol. The van der Waals surface area contributed by atoms with Crippen molar-refractivity contribution >= 4 is 56.2 Å². The standard InChI is InChI=1S/C70H44F10O2/c1-66(71)41-14-23-51(40-42-66)67(70(78,79)80,52-32-24-47(25-33-52)56-58(49-28-36-54(37-29-49)68(72,73)74)62(45-19-10-4-11-20-45)64(81)60(56)43-15-6-2-7-16-43)53-34-26-48(27-35-53)57-59(50-30-38-55(39-31-50)69(75,76)77)63(46-21-12-5-13-22-46)65(82)61(57)44-17-8-3-9-18-44/h2-42H,1H3. The average molecular weight is 1110 g/mol. The van der Waals surface area contributed by atoms with Crippen LogP contribution in [0.15, 0.2) is 254 Å². The van der Waals surface area contributed by atoms with E-state index in [2.05, 4.69) is 0 Å². The first kappa shape index (κ1) is 54.5. The molecule has 2 nitrogen and oxygen atoms in total. The van der Waals surface area contributed by atoms with Crippen molar-refractivity contribution in [2.75, 3.05) is 0 Å². The fraction of sp³-hybridized carbons (Fsp3) is 0.0857. The van der Waals surface area contributed by atoms with E-state index in [1.165, 1.54) is 91.9 Å². The summed E-state index contributed by atoms with van der Waals surface area (Å²) in [6.07, 6.45) is -8.96. The fourth-order valence-electron chi connectivity index (χ4n) is 11.3. The van der Waals surface area contributed by atoms with E-state index in [9.17, 15) is 26.3 Å². The van der Waals surface area contributed by atoms with Crippen molar-refractivity contribution in [1.29, 1.82) is 0 Å². The quantitative estimate of drug-likeness (QED) is 0.121. The topological polar surface area (TPSA) is 34.1 Å². The van der Waals surface area contributed by atoms with Crippen LogP contribution < -0.4 is 0 Å². The molecule has 0 amide bonds. The van der Waals surface area contributed by atoms with Crippen LogP contribution in [0.4, 0.5) is 43.9 Å². The number of allylic oxidation sites excluding steroid dienone is 14. The van der Waals surface area contributed by atoms with Gasteiger partial charge in [-0.1, -0.05) is 212 Å². The molecule has 406 valence electrons. The van der Waals surface area contributed by atoms with Crippen molar-refractivity contribution in [2.24, 2.45) is 0 Å². The van der Waals surface area contributed by atoms with Crippen LogP contribution in [0.1, 0.15) is 73.7 Å². The number of rotatable bonds is 11. The lowest BCUT2D eigenvalue weighted by molar-refractivity contribution is -0.166. The third-order valence-corrected chi connectivity index (χ3v) is 15.0. The van der Waals surface area contributed by atoms with Crippen molar-refractivity contribution in [1.82, 2.24) is 0 Å². The molecule has 1 unspecified atom stereocenters. The zero-order valence-electron chi connectivity index (χ0n) is 43.3. The molecule has 0 N–H and O–H groups in total. The van der Waals surface area contributed by atoms with Crippen LogP contribution in [0.25, 0.3) is 44.6 Å². The number of benzene rings is 8. The van der Waals surface area contributed by atoms with Crippen LogP contribution in [-0.2, 0) is 27.4 Å². The molecule has 11 rings (SSSR count). The second kappa shape index (κ2) is 20.9. The van der Waals surface area contributed by atoms with Crippen molar-refractivity contribution in [3.8, 4) is 0 Å². The number of alkyl halides is 10. The Morgan fingerprint density at radius 1 is 0.317 bits per heavy atom. The molecule has 0 saturated carbocycles. The van der Waals surface area contributed by atoms with E-state index in [1.807, 2.05) is 0 Å². The van der Waals surface area contributed by atoms with Gasteiger partial charge in [-0.2, -0.15) is 39.5 Å². The van der Waals surface area contributed by atoms with Crippen molar-refractivity contribution < 1.29 is 53.5 Å². The highest BCUT2D eigenvalue weighted by molar-refractivity contribution is 6.60. The van der Waals surface area contributed by atoms with E-state index in [4.69, 9.17) is 0 Å². The first-order valence-electron chi connectivity index (χ1n) is 25.9. The Labute approximate surface area is 465 Å². The molecule has 0 heterocycles. The van der Waals surface area contributed by atoms with Gasteiger partial charge < -0.3 is 0 Å². The summed E-state index contributed by atoms with van der Waals surface area (Å²) in [5.41, 5.74) is -3.68. The van der Waals surface area contributed by atoms with E-state index in [0.717, 1.165) is 42.5 Å². The smallest absolute Gasteiger partial charge is 0.289 e. The minimum Gasteiger partial charge on any atom is -0.289 e. The number of hydrogen-bond donors (Lipinski definition) is 0. The maximum atomic E-state index is 17.1. The predicted molar refractivity (Wildman–Crippen MR) is 302 cm³/mol. The Kier molecular flexibility index (Phi) is 13.9. The molecule has 0 fully saturated rings. The summed E-state index contributed by atoms with van der Waals surface area (Å²) in [5.74, 6) is -0.930. The van der Waals surface area contributed by atoms with Gasteiger partial charge in [-0.25, -0.2) is 4.39 Å². The van der Waals surface area contributed by atoms with Crippen LogP contribution >= 0.6 is 0 Å². The van der Waals surface area contributed by atoms with E-state index >= 15 is 27.2 Å². The van der Waals surface area contributed by atoms with Crippen molar-refractivity contribution in [3.63, 3.8) is 0 Å². The van der Waals surface area contributed by atoms with Crippen LogP contribution in [0.5, 0.6) is 0 Å². The van der Waals surface area contributed by atoms with E-state index in [-0.39, 0.29) is 83.5 Å². The monoisotopic (exact) mass is 1110 g/mol. The second-order valence-electron chi connectivity index (χ2n) is 20.1. The molecule has 1 atom stereocenters. The Bertz CT molecular complexity index is 3770. The highest BCUT2D eigenvalue weighted by Gasteiger charge is 2.59. The van der Waals surface area contributed by atoms with Crippen molar-refractivity contribution in [2.45, 2.75) is 36.5 Å². The molecule has 0 spiro atoms. The second-order valence-corrected chi connectivity index (χ2v) is 20.1. The van der Waals surface area contributed by atoms with Crippen LogP contribution in [0, 0.1) is 0 Å². The van der Waals surface area contributed by atoms with Gasteiger partial charge in [0.1, 0.15) is 11.1 Å². The average Bonchev–Trinajstić information content (AvgIpc) is 4.06. The van der Waals surface area contributed by atoms with Gasteiger partial charge in [0.25, 0.3) is 0 Å². The molecule has 0 radical (unpaired) electrons. The summed E-state index contributed by atoms with van der Waals surface area (Å²) in [4.78, 5) is 30.1. The Morgan fingerprint density at radius 2 is 0.573 bits per heavy atom. The minimum atomic E-state index is -5.20. The SMILES string of the molecule is CC1(F)C=CC=C(C(c2ccc(C3=C(c4ccccc4)C(=O)C(c4ccccc4)=C3c3ccc(C(F)(F)F)cc3)cc2)(c2ccc(C3=C(c4ccccc4)C(=O)C(c4ccccc4)=C3c3ccc(C(F)(F)F)cc3)cc2)C(F)(F)F)C=C1. The maximum absolute atomic E-state index is 17.1. The number of Topliss-reactive ketones (excluding diaryl/α,β-unsaturated/α-hetero) is 2. The molecule has 3 aliphatic carbocycles. The molecule has 0 saturated heterocycles. The highest BCUT2D eigenvalue weighted by atomic mass is 19.4. The van der Waals surface area contributed by atoms with Crippen LogP contribution in [-0.4, -0.2) is 23.4 Å². The number of hydrogen-bond acceptors (Lipinski definition) is 2. The lowest BCUT2D eigenvalue weighted by Crippen LogP contribution is -2.45. The van der Waals surface area contributed by atoms with Gasteiger partial charge in [-0.3, -0.25) is 9.59 Å². The molecule has 8 aromatic carbocycles. The summed E-state index contributed by atoms with van der Waals surface area (Å²) < 4.78 is 151. The largest absolute Gasteiger partial charge is 0.416 e. The Morgan fingerprint density at radius 3 is 0.829 bits per heavy atom. The van der Waals surface area contributed by atoms with E-state index < -0.39 is 52.3 Å². The third-order valence-electron chi connectivity index (χ3n) is 15.0. The first-order chi connectivity index (χ1) is 39.2. The van der Waals surface area contributed by atoms with E-state index in [1.54, 1.807) is 121 Å². The minimum absolute atomic E-state index is 0.163. The van der Waals surface area contributed by atoms with E-state index in [0.29, 0.717) is 22.3 Å². The zero-order chi connectivity index (χ0) is 57.8. The number of ketones is 2. The summed E-state index contributed by atoms with van der Waals surface area (Å²) in [7, 11) is 0. The highest BCUT2D eigenvalue weighted by Crippen LogP contribution is 2.56. The molecule has 0 bridgehead atoms. The number of halogens is 10. The molecule has 0 aliphatic heterocycles. The van der Waals surface area contributed by atoms with Gasteiger partial charge in [-0.15, -0.1) is 0 Å². The van der Waals surface area contributed by atoms with Gasteiger partial charge in [-0.05, 0) is 105 Å². The normalized spacial score (nSPS) is 17.1. The van der Waals surface area contributed by atoms with Gasteiger partial charge in [0.15, 0.2) is 11.6 Å². The maximum Gasteiger partial charge on any atom is 0.416 e. The summed E-state index contributed by atoms with van der Waals surface area (Å²) in [6.45, 7) is 1.19. The fourth-order valence-corrected chi connectivity index (χ4v) is 11.3. The lowest BCUT2D eigenvalue weighted by Gasteiger charge is -2.38. The number of carbonyl (C=O) groups excluding carboxylic acids is 2. The summed E-state index contributed by atoms with van der Waals surface area (Å²) in [6, 6.07) is 53.6. The molecule has 12 heteroatoms. The Balaban J connectivity index is 1.13. The van der Waals surface area contributed by atoms with Gasteiger partial charge >= 0.3 is 18.5 Å². The summed E-state index contributed by atoms with van der Waals surface area (Å²) in [5, 5.41) is 0. The zero-order valence-corrected chi connectivity index (χ0v) is 43.3. The van der Waals surface area contributed by atoms with Crippen LogP contribution in [0.3, 0.4) is 0 Å². The molecule has 82 heavy (non-hydrogen) atoms. The van der Waals surface area contributed by atoms with Gasteiger partial charge in [0.05, 0.1) is 11.1 Å². The molecule has 3 aliphatic rings. The van der Waals surface area contributed by atoms with Gasteiger partial charge in [0.2, 0.25) is 0 Å². The lowest BCUT2D eigenvalue weighted by atomic mass is 9.67. The van der Waals surface area contributed by atoms with Crippen LogP contribution in [0.2, 0.25) is 0 Å².